The van der Waals surface area contributed by atoms with Crippen LogP contribution in [-0.2, 0) is 6.18 Å². The van der Waals surface area contributed by atoms with Crippen molar-refractivity contribution < 1.29 is 18.0 Å². The number of carbonyl (C=O) groups is 1. The van der Waals surface area contributed by atoms with Crippen molar-refractivity contribution in [2.45, 2.75) is 50.9 Å². The number of alkyl halides is 3. The van der Waals surface area contributed by atoms with E-state index in [2.05, 4.69) is 20.6 Å². The van der Waals surface area contributed by atoms with E-state index in [1.807, 2.05) is 11.3 Å². The molecule has 3 heterocycles. The molecule has 2 atom stereocenters. The molecule has 0 unspecified atom stereocenters. The zero-order valence-corrected chi connectivity index (χ0v) is 19.6. The molecule has 10 heteroatoms. The maximum Gasteiger partial charge on any atom is 0.433 e. The number of halogens is 4. The Balaban J connectivity index is 1.34. The summed E-state index contributed by atoms with van der Waals surface area (Å²) < 4.78 is 42.2. The standard InChI is InChI=1S/C25H23ClF3N5O/c1-14-12-30-23-8-5-15(13-34(14)23)24(35)32-18-4-2-3-17(10-18)31-21-11-22(25(27,28)29)33-20-7-6-16(26)9-19(20)21/h5-9,11-13,17-18H,2-4,10H2,1H3,(H,31,33)(H,32,35)/t17-,18+/m0/s1. The highest BCUT2D eigenvalue weighted by molar-refractivity contribution is 6.31. The highest BCUT2D eigenvalue weighted by Crippen LogP contribution is 2.35. The van der Waals surface area contributed by atoms with Crippen molar-refractivity contribution in [3.63, 3.8) is 0 Å². The molecular weight excluding hydrogens is 479 g/mol. The molecule has 1 aromatic carbocycles. The quantitative estimate of drug-likeness (QED) is 0.359. The normalized spacial score (nSPS) is 18.7. The Labute approximate surface area is 204 Å². The average molecular weight is 502 g/mol. The Bertz CT molecular complexity index is 1420. The van der Waals surface area contributed by atoms with Crippen LogP contribution in [0.15, 0.2) is 48.8 Å². The van der Waals surface area contributed by atoms with E-state index in [-0.39, 0.29) is 23.5 Å². The minimum absolute atomic E-state index is 0.105. The van der Waals surface area contributed by atoms with Gasteiger partial charge in [-0.05, 0) is 69.0 Å². The molecule has 6 nitrogen and oxygen atoms in total. The molecule has 0 saturated heterocycles. The van der Waals surface area contributed by atoms with Crippen LogP contribution in [0, 0.1) is 6.92 Å². The molecule has 1 aliphatic carbocycles. The van der Waals surface area contributed by atoms with Gasteiger partial charge in [-0.2, -0.15) is 13.2 Å². The van der Waals surface area contributed by atoms with Crippen molar-refractivity contribution in [1.29, 1.82) is 0 Å². The molecule has 2 N–H and O–H groups in total. The fourth-order valence-electron chi connectivity index (χ4n) is 4.64. The summed E-state index contributed by atoms with van der Waals surface area (Å²) in [5.41, 5.74) is 1.82. The first-order chi connectivity index (χ1) is 16.7. The predicted octanol–water partition coefficient (Wildman–Crippen LogP) is 6.02. The Kier molecular flexibility index (Phi) is 6.04. The Morgan fingerprint density at radius 2 is 1.94 bits per heavy atom. The Morgan fingerprint density at radius 1 is 1.14 bits per heavy atom. The van der Waals surface area contributed by atoms with Gasteiger partial charge in [-0.3, -0.25) is 4.79 Å². The molecule has 0 bridgehead atoms. The van der Waals surface area contributed by atoms with Crippen LogP contribution in [0.1, 0.15) is 47.4 Å². The molecule has 4 aromatic rings. The molecule has 1 saturated carbocycles. The SMILES string of the molecule is Cc1cnc2ccc(C(=O)N[C@@H]3CCC[C@H](Nc4cc(C(F)(F)F)nc5ccc(Cl)cc45)C3)cn12. The number of benzene rings is 1. The molecular formula is C25H23ClF3N5O. The number of fused-ring (bicyclic) bond motifs is 2. The van der Waals surface area contributed by atoms with Crippen LogP contribution in [0.25, 0.3) is 16.6 Å². The molecule has 182 valence electrons. The van der Waals surface area contributed by atoms with Crippen LogP contribution in [0.3, 0.4) is 0 Å². The fraction of sp³-hybridized carbons (Fsp3) is 0.320. The van der Waals surface area contributed by atoms with Gasteiger partial charge in [0.15, 0.2) is 0 Å². The largest absolute Gasteiger partial charge is 0.433 e. The van der Waals surface area contributed by atoms with E-state index in [4.69, 9.17) is 11.6 Å². The van der Waals surface area contributed by atoms with Crippen LogP contribution in [0.5, 0.6) is 0 Å². The number of rotatable bonds is 4. The first-order valence-corrected chi connectivity index (χ1v) is 11.7. The summed E-state index contributed by atoms with van der Waals surface area (Å²) in [5.74, 6) is -0.189. The van der Waals surface area contributed by atoms with E-state index >= 15 is 0 Å². The van der Waals surface area contributed by atoms with Crippen LogP contribution < -0.4 is 10.6 Å². The molecule has 1 amide bonds. The number of amides is 1. The molecule has 1 fully saturated rings. The summed E-state index contributed by atoms with van der Waals surface area (Å²) in [6.07, 6.45) is 1.93. The van der Waals surface area contributed by atoms with Crippen molar-refractivity contribution in [2.24, 2.45) is 0 Å². The molecule has 0 aliphatic heterocycles. The molecule has 0 radical (unpaired) electrons. The van der Waals surface area contributed by atoms with Gasteiger partial charge in [0.25, 0.3) is 5.91 Å². The van der Waals surface area contributed by atoms with Crippen LogP contribution >= 0.6 is 11.6 Å². The van der Waals surface area contributed by atoms with E-state index < -0.39 is 11.9 Å². The third kappa shape index (κ3) is 4.91. The summed E-state index contributed by atoms with van der Waals surface area (Å²) in [4.78, 5) is 20.9. The highest BCUT2D eigenvalue weighted by atomic mass is 35.5. The second-order valence-corrected chi connectivity index (χ2v) is 9.37. The third-order valence-corrected chi connectivity index (χ3v) is 6.62. The zero-order valence-electron chi connectivity index (χ0n) is 18.9. The maximum atomic E-state index is 13.5. The molecule has 35 heavy (non-hydrogen) atoms. The van der Waals surface area contributed by atoms with Crippen LogP contribution in [-0.4, -0.2) is 32.4 Å². The first kappa shape index (κ1) is 23.4. The number of aryl methyl sites for hydroxylation is 1. The van der Waals surface area contributed by atoms with Gasteiger partial charge in [0.2, 0.25) is 0 Å². The van der Waals surface area contributed by atoms with E-state index in [1.54, 1.807) is 30.6 Å². The Morgan fingerprint density at radius 3 is 2.74 bits per heavy atom. The number of imidazole rings is 1. The van der Waals surface area contributed by atoms with E-state index in [0.29, 0.717) is 28.1 Å². The molecule has 3 aromatic heterocycles. The monoisotopic (exact) mass is 501 g/mol. The number of carbonyl (C=O) groups excluding carboxylic acids is 1. The van der Waals surface area contributed by atoms with Gasteiger partial charge < -0.3 is 15.0 Å². The van der Waals surface area contributed by atoms with Crippen molar-refractivity contribution in [1.82, 2.24) is 19.7 Å². The average Bonchev–Trinajstić information content (AvgIpc) is 3.19. The highest BCUT2D eigenvalue weighted by Gasteiger charge is 2.34. The third-order valence-electron chi connectivity index (χ3n) is 6.38. The van der Waals surface area contributed by atoms with Gasteiger partial charge in [0.05, 0.1) is 11.1 Å². The number of anilines is 1. The van der Waals surface area contributed by atoms with Gasteiger partial charge in [0.1, 0.15) is 11.3 Å². The van der Waals surface area contributed by atoms with Crippen molar-refractivity contribution in [3.8, 4) is 0 Å². The smallest absolute Gasteiger partial charge is 0.382 e. The lowest BCUT2D eigenvalue weighted by Crippen LogP contribution is -2.41. The second kappa shape index (κ2) is 9.03. The number of aromatic nitrogens is 3. The van der Waals surface area contributed by atoms with Crippen molar-refractivity contribution in [3.05, 3.63) is 70.8 Å². The minimum atomic E-state index is -4.57. The van der Waals surface area contributed by atoms with E-state index in [9.17, 15) is 18.0 Å². The second-order valence-electron chi connectivity index (χ2n) is 8.94. The first-order valence-electron chi connectivity index (χ1n) is 11.4. The Hall–Kier alpha value is -3.33. The molecule has 5 rings (SSSR count). The zero-order chi connectivity index (χ0) is 24.7. The summed E-state index contributed by atoms with van der Waals surface area (Å²) >= 11 is 6.11. The van der Waals surface area contributed by atoms with Gasteiger partial charge >= 0.3 is 6.18 Å². The summed E-state index contributed by atoms with van der Waals surface area (Å²) in [5, 5.41) is 7.30. The maximum absolute atomic E-state index is 13.5. The summed E-state index contributed by atoms with van der Waals surface area (Å²) in [7, 11) is 0. The number of nitrogens with one attached hydrogen (secondary N) is 2. The molecule has 1 aliphatic rings. The topological polar surface area (TPSA) is 71.3 Å². The summed E-state index contributed by atoms with van der Waals surface area (Å²) in [6, 6.07) is 8.97. The summed E-state index contributed by atoms with van der Waals surface area (Å²) in [6.45, 7) is 1.92. The van der Waals surface area contributed by atoms with Gasteiger partial charge in [-0.1, -0.05) is 11.6 Å². The lowest BCUT2D eigenvalue weighted by molar-refractivity contribution is -0.140. The number of pyridine rings is 2. The van der Waals surface area contributed by atoms with Crippen LogP contribution in [0.4, 0.5) is 18.9 Å². The lowest BCUT2D eigenvalue weighted by atomic mass is 9.90. The van der Waals surface area contributed by atoms with Crippen molar-refractivity contribution >= 4 is 39.7 Å². The number of nitrogens with zero attached hydrogens (tertiary/aromatic N) is 3. The number of hydrogen-bond donors (Lipinski definition) is 2. The molecule has 0 spiro atoms. The number of hydrogen-bond acceptors (Lipinski definition) is 4. The van der Waals surface area contributed by atoms with Gasteiger partial charge in [-0.25, -0.2) is 9.97 Å². The van der Waals surface area contributed by atoms with Crippen molar-refractivity contribution in [2.75, 3.05) is 5.32 Å². The van der Waals surface area contributed by atoms with Gasteiger partial charge in [0, 0.05) is 46.3 Å². The fourth-order valence-corrected chi connectivity index (χ4v) is 4.81. The van der Waals surface area contributed by atoms with E-state index in [1.165, 1.54) is 12.1 Å². The minimum Gasteiger partial charge on any atom is -0.382 e. The lowest BCUT2D eigenvalue weighted by Gasteiger charge is -2.31. The van der Waals surface area contributed by atoms with Crippen LogP contribution in [0.2, 0.25) is 5.02 Å². The predicted molar refractivity (Wildman–Crippen MR) is 129 cm³/mol. The van der Waals surface area contributed by atoms with Gasteiger partial charge in [-0.15, -0.1) is 0 Å². The van der Waals surface area contributed by atoms with E-state index in [0.717, 1.165) is 36.7 Å².